The van der Waals surface area contributed by atoms with E-state index < -0.39 is 21.7 Å². The Bertz CT molecular complexity index is 718. The molecule has 0 radical (unpaired) electrons. The summed E-state index contributed by atoms with van der Waals surface area (Å²) >= 11 is 0. The summed E-state index contributed by atoms with van der Waals surface area (Å²) in [7, 11) is -3.99. The Kier molecular flexibility index (Phi) is 3.70. The third-order valence-electron chi connectivity index (χ3n) is 4.42. The van der Waals surface area contributed by atoms with Gasteiger partial charge in [0.25, 0.3) is 5.91 Å². The van der Waals surface area contributed by atoms with E-state index in [4.69, 9.17) is 10.9 Å². The topological polar surface area (TPSA) is 106 Å². The Balaban J connectivity index is 1.86. The molecule has 22 heavy (non-hydrogen) atoms. The lowest BCUT2D eigenvalue weighted by molar-refractivity contribution is 0.0780. The van der Waals surface area contributed by atoms with Crippen molar-refractivity contribution in [3.05, 3.63) is 29.6 Å². The zero-order chi connectivity index (χ0) is 16.1. The van der Waals surface area contributed by atoms with E-state index in [1.54, 1.807) is 0 Å². The average Bonchev–Trinajstić information content (AvgIpc) is 3.20. The van der Waals surface area contributed by atoms with E-state index in [9.17, 15) is 17.6 Å². The van der Waals surface area contributed by atoms with Crippen molar-refractivity contribution < 1.29 is 17.6 Å². The van der Waals surface area contributed by atoms with Crippen molar-refractivity contribution in [2.45, 2.75) is 23.8 Å². The first kappa shape index (κ1) is 15.4. The van der Waals surface area contributed by atoms with Gasteiger partial charge in [-0.05, 0) is 42.9 Å². The maximum atomic E-state index is 13.9. The van der Waals surface area contributed by atoms with Gasteiger partial charge in [0.05, 0.1) is 10.5 Å². The SMILES string of the molecule is N[C@@H]1CN(C(=O)c2cc(S(N)(=O)=O)ccc2F)C[C@H]1C1CC1. The molecule has 1 saturated carbocycles. The first-order valence-corrected chi connectivity index (χ1v) is 8.69. The van der Waals surface area contributed by atoms with Crippen LogP contribution in [0.25, 0.3) is 0 Å². The molecule has 2 aliphatic rings. The molecule has 1 aromatic carbocycles. The predicted octanol–water partition coefficient (Wildman–Crippen LogP) is 0.282. The molecule has 6 nitrogen and oxygen atoms in total. The molecular weight excluding hydrogens is 309 g/mol. The van der Waals surface area contributed by atoms with E-state index in [-0.39, 0.29) is 22.4 Å². The molecule has 1 saturated heterocycles. The fourth-order valence-electron chi connectivity index (χ4n) is 3.06. The largest absolute Gasteiger partial charge is 0.337 e. The summed E-state index contributed by atoms with van der Waals surface area (Å²) in [5.74, 6) is -0.510. The highest BCUT2D eigenvalue weighted by molar-refractivity contribution is 7.89. The molecule has 0 aromatic heterocycles. The molecule has 1 aliphatic carbocycles. The molecule has 8 heteroatoms. The third-order valence-corrected chi connectivity index (χ3v) is 5.33. The summed E-state index contributed by atoms with van der Waals surface area (Å²) in [5.41, 5.74) is 5.78. The van der Waals surface area contributed by atoms with Gasteiger partial charge in [0.1, 0.15) is 5.82 Å². The number of sulfonamides is 1. The van der Waals surface area contributed by atoms with Crippen LogP contribution in [-0.4, -0.2) is 38.4 Å². The minimum Gasteiger partial charge on any atom is -0.337 e. The second kappa shape index (κ2) is 5.29. The van der Waals surface area contributed by atoms with Gasteiger partial charge in [0, 0.05) is 19.1 Å². The Morgan fingerprint density at radius 2 is 1.95 bits per heavy atom. The van der Waals surface area contributed by atoms with Gasteiger partial charge in [-0.1, -0.05) is 0 Å². The number of hydrogen-bond donors (Lipinski definition) is 2. The maximum absolute atomic E-state index is 13.9. The molecule has 1 amide bonds. The van der Waals surface area contributed by atoms with E-state index in [0.29, 0.717) is 19.0 Å². The Morgan fingerprint density at radius 3 is 2.55 bits per heavy atom. The fourth-order valence-corrected chi connectivity index (χ4v) is 3.60. The molecule has 2 fully saturated rings. The van der Waals surface area contributed by atoms with Crippen molar-refractivity contribution in [2.75, 3.05) is 13.1 Å². The average molecular weight is 327 g/mol. The maximum Gasteiger partial charge on any atom is 0.256 e. The van der Waals surface area contributed by atoms with Gasteiger partial charge >= 0.3 is 0 Å². The number of amides is 1. The second-order valence-electron chi connectivity index (χ2n) is 6.06. The van der Waals surface area contributed by atoms with Crippen LogP contribution in [-0.2, 0) is 10.0 Å². The summed E-state index contributed by atoms with van der Waals surface area (Å²) in [6, 6.07) is 2.87. The van der Waals surface area contributed by atoms with Crippen LogP contribution < -0.4 is 10.9 Å². The Hall–Kier alpha value is -1.51. The molecule has 3 rings (SSSR count). The lowest BCUT2D eigenvalue weighted by Gasteiger charge is -2.17. The number of nitrogens with zero attached hydrogens (tertiary/aromatic N) is 1. The number of rotatable bonds is 3. The Morgan fingerprint density at radius 1 is 1.27 bits per heavy atom. The quantitative estimate of drug-likeness (QED) is 0.831. The van der Waals surface area contributed by atoms with Crippen molar-refractivity contribution in [3.8, 4) is 0 Å². The monoisotopic (exact) mass is 327 g/mol. The zero-order valence-corrected chi connectivity index (χ0v) is 12.7. The number of benzene rings is 1. The van der Waals surface area contributed by atoms with Gasteiger partial charge in [0.2, 0.25) is 10.0 Å². The smallest absolute Gasteiger partial charge is 0.256 e. The second-order valence-corrected chi connectivity index (χ2v) is 7.62. The highest BCUT2D eigenvalue weighted by atomic mass is 32.2. The third kappa shape index (κ3) is 2.86. The minimum absolute atomic E-state index is 0.110. The van der Waals surface area contributed by atoms with Crippen LogP contribution in [0.4, 0.5) is 4.39 Å². The summed E-state index contributed by atoms with van der Waals surface area (Å²) in [6.07, 6.45) is 2.24. The number of primary sulfonamides is 1. The van der Waals surface area contributed by atoms with E-state index in [1.807, 2.05) is 0 Å². The number of carbonyl (C=O) groups excluding carboxylic acids is 1. The number of halogens is 1. The lowest BCUT2D eigenvalue weighted by Crippen LogP contribution is -2.33. The molecule has 0 unspecified atom stereocenters. The van der Waals surface area contributed by atoms with Gasteiger partial charge in [-0.25, -0.2) is 17.9 Å². The van der Waals surface area contributed by atoms with Crippen LogP contribution in [0.2, 0.25) is 0 Å². The molecule has 0 bridgehead atoms. The van der Waals surface area contributed by atoms with Crippen molar-refractivity contribution in [3.63, 3.8) is 0 Å². The van der Waals surface area contributed by atoms with E-state index >= 15 is 0 Å². The van der Waals surface area contributed by atoms with Crippen LogP contribution in [0.15, 0.2) is 23.1 Å². The van der Waals surface area contributed by atoms with Crippen LogP contribution in [0.1, 0.15) is 23.2 Å². The predicted molar refractivity (Wildman–Crippen MR) is 77.9 cm³/mol. The number of hydrogen-bond acceptors (Lipinski definition) is 4. The van der Waals surface area contributed by atoms with Crippen molar-refractivity contribution in [1.29, 1.82) is 0 Å². The molecule has 1 heterocycles. The fraction of sp³-hybridized carbons (Fsp3) is 0.500. The molecular formula is C14H18FN3O3S. The van der Waals surface area contributed by atoms with Gasteiger partial charge in [-0.2, -0.15) is 0 Å². The summed E-state index contributed by atoms with van der Waals surface area (Å²) in [6.45, 7) is 0.850. The molecule has 4 N–H and O–H groups in total. The summed E-state index contributed by atoms with van der Waals surface area (Å²) in [5, 5.41) is 5.03. The zero-order valence-electron chi connectivity index (χ0n) is 11.9. The molecule has 120 valence electrons. The Labute approximate surface area is 128 Å². The first-order chi connectivity index (χ1) is 10.3. The lowest BCUT2D eigenvalue weighted by atomic mass is 9.99. The van der Waals surface area contributed by atoms with E-state index in [0.717, 1.165) is 31.0 Å². The van der Waals surface area contributed by atoms with E-state index in [2.05, 4.69) is 0 Å². The standard InChI is InChI=1S/C14H18FN3O3S/c15-12-4-3-9(22(17,20)21)5-10(12)14(19)18-6-11(8-1-2-8)13(16)7-18/h3-5,8,11,13H,1-2,6-7,16H2,(H2,17,20,21)/t11-,13+/m0/s1. The highest BCUT2D eigenvalue weighted by Crippen LogP contribution is 2.41. The van der Waals surface area contributed by atoms with Gasteiger partial charge < -0.3 is 10.6 Å². The molecule has 2 atom stereocenters. The first-order valence-electron chi connectivity index (χ1n) is 7.14. The number of likely N-dealkylation sites (tertiary alicyclic amines) is 1. The van der Waals surface area contributed by atoms with Crippen LogP contribution >= 0.6 is 0 Å². The van der Waals surface area contributed by atoms with Gasteiger partial charge in [-0.15, -0.1) is 0 Å². The van der Waals surface area contributed by atoms with Gasteiger partial charge in [0.15, 0.2) is 0 Å². The van der Waals surface area contributed by atoms with Crippen molar-refractivity contribution in [1.82, 2.24) is 4.90 Å². The molecule has 0 spiro atoms. The summed E-state index contributed by atoms with van der Waals surface area (Å²) < 4.78 is 36.6. The minimum atomic E-state index is -3.99. The van der Waals surface area contributed by atoms with E-state index in [1.165, 1.54) is 4.90 Å². The van der Waals surface area contributed by atoms with Crippen LogP contribution in [0.5, 0.6) is 0 Å². The highest BCUT2D eigenvalue weighted by Gasteiger charge is 2.42. The van der Waals surface area contributed by atoms with Crippen LogP contribution in [0.3, 0.4) is 0 Å². The summed E-state index contributed by atoms with van der Waals surface area (Å²) in [4.78, 5) is 13.7. The molecule has 1 aliphatic heterocycles. The number of nitrogens with two attached hydrogens (primary N) is 2. The number of carbonyl (C=O) groups is 1. The van der Waals surface area contributed by atoms with Crippen LogP contribution in [0, 0.1) is 17.7 Å². The normalized spacial score (nSPS) is 25.5. The van der Waals surface area contributed by atoms with Crippen molar-refractivity contribution in [2.24, 2.45) is 22.7 Å². The van der Waals surface area contributed by atoms with Crippen molar-refractivity contribution >= 4 is 15.9 Å². The molecule has 1 aromatic rings. The van der Waals surface area contributed by atoms with Gasteiger partial charge in [-0.3, -0.25) is 4.79 Å².